The van der Waals surface area contributed by atoms with Crippen molar-refractivity contribution < 1.29 is 14.3 Å². The lowest BCUT2D eigenvalue weighted by Crippen LogP contribution is -2.36. The van der Waals surface area contributed by atoms with Crippen molar-refractivity contribution in [1.82, 2.24) is 10.3 Å². The lowest BCUT2D eigenvalue weighted by Gasteiger charge is -2.23. The van der Waals surface area contributed by atoms with Crippen molar-refractivity contribution in [1.29, 1.82) is 0 Å². The molecule has 2 rings (SSSR count). The molecule has 0 spiro atoms. The number of amides is 1. The number of nitrogens with one attached hydrogen (secondary N) is 1. The fourth-order valence-corrected chi connectivity index (χ4v) is 2.38. The van der Waals surface area contributed by atoms with E-state index in [1.54, 1.807) is 12.1 Å². The Morgan fingerprint density at radius 1 is 1.20 bits per heavy atom. The van der Waals surface area contributed by atoms with Gasteiger partial charge in [0.05, 0.1) is 5.56 Å². The third-order valence-corrected chi connectivity index (χ3v) is 3.70. The number of ether oxygens (including phenoxy) is 1. The molecule has 6 heteroatoms. The smallest absolute Gasteiger partial charge is 0.338 e. The van der Waals surface area contributed by atoms with Crippen molar-refractivity contribution in [3.63, 3.8) is 0 Å². The zero-order valence-electron chi connectivity index (χ0n) is 14.6. The predicted octanol–water partition coefficient (Wildman–Crippen LogP) is 2.19. The Morgan fingerprint density at radius 3 is 2.64 bits per heavy atom. The minimum atomic E-state index is -0.535. The highest BCUT2D eigenvalue weighted by Gasteiger charge is 2.10. The summed E-state index contributed by atoms with van der Waals surface area (Å²) in [6, 6.07) is 11.3. The molecule has 0 unspecified atom stereocenters. The molecule has 1 aromatic heterocycles. The second-order valence-electron chi connectivity index (χ2n) is 5.58. The molecule has 0 atom stereocenters. The van der Waals surface area contributed by atoms with Crippen molar-refractivity contribution in [2.45, 2.75) is 13.8 Å². The van der Waals surface area contributed by atoms with Gasteiger partial charge in [0.25, 0.3) is 5.91 Å². The molecule has 2 aromatic rings. The lowest BCUT2D eigenvalue weighted by atomic mass is 10.2. The third kappa shape index (κ3) is 5.91. The molecule has 132 valence electrons. The number of aryl methyl sites for hydroxylation is 1. The summed E-state index contributed by atoms with van der Waals surface area (Å²) in [4.78, 5) is 29.6. The molecule has 1 heterocycles. The van der Waals surface area contributed by atoms with Gasteiger partial charge < -0.3 is 15.0 Å². The Balaban J connectivity index is 1.73. The number of rotatable bonds is 8. The summed E-state index contributed by atoms with van der Waals surface area (Å²) in [6.45, 7) is 5.84. The first-order valence-corrected chi connectivity index (χ1v) is 8.25. The SMILES string of the molecule is CCN(CCNC(=O)COC(=O)c1ccncc1)c1cccc(C)c1. The number of aromatic nitrogens is 1. The Labute approximate surface area is 147 Å². The van der Waals surface area contributed by atoms with Gasteiger partial charge in [0, 0.05) is 37.7 Å². The van der Waals surface area contributed by atoms with Crippen LogP contribution < -0.4 is 10.2 Å². The standard InChI is InChI=1S/C19H23N3O3/c1-3-22(17-6-4-5-15(2)13-17)12-11-21-18(23)14-25-19(24)16-7-9-20-10-8-16/h4-10,13H,3,11-12,14H2,1-2H3,(H,21,23). The van der Waals surface area contributed by atoms with Crippen LogP contribution in [0.2, 0.25) is 0 Å². The topological polar surface area (TPSA) is 71.5 Å². The van der Waals surface area contributed by atoms with Crippen LogP contribution in [-0.2, 0) is 9.53 Å². The first-order chi connectivity index (χ1) is 12.1. The quantitative estimate of drug-likeness (QED) is 0.745. The zero-order valence-corrected chi connectivity index (χ0v) is 14.6. The Bertz CT molecular complexity index is 704. The van der Waals surface area contributed by atoms with Crippen molar-refractivity contribution in [2.24, 2.45) is 0 Å². The molecule has 1 amide bonds. The summed E-state index contributed by atoms with van der Waals surface area (Å²) in [5.41, 5.74) is 2.70. The van der Waals surface area contributed by atoms with E-state index in [1.165, 1.54) is 18.0 Å². The fourth-order valence-electron chi connectivity index (χ4n) is 2.38. The molecule has 0 aliphatic carbocycles. The number of carbonyl (C=O) groups excluding carboxylic acids is 2. The van der Waals surface area contributed by atoms with Crippen LogP contribution in [0.3, 0.4) is 0 Å². The molecule has 0 saturated carbocycles. The monoisotopic (exact) mass is 341 g/mol. The molecule has 0 fully saturated rings. The highest BCUT2D eigenvalue weighted by atomic mass is 16.5. The maximum absolute atomic E-state index is 11.8. The molecular weight excluding hydrogens is 318 g/mol. The van der Waals surface area contributed by atoms with E-state index in [0.29, 0.717) is 18.7 Å². The molecule has 1 N–H and O–H groups in total. The average molecular weight is 341 g/mol. The van der Waals surface area contributed by atoms with Crippen LogP contribution in [0, 0.1) is 6.92 Å². The largest absolute Gasteiger partial charge is 0.452 e. The van der Waals surface area contributed by atoms with E-state index in [9.17, 15) is 9.59 Å². The maximum atomic E-state index is 11.8. The molecule has 25 heavy (non-hydrogen) atoms. The first kappa shape index (κ1) is 18.4. The van der Waals surface area contributed by atoms with E-state index in [1.807, 2.05) is 6.07 Å². The van der Waals surface area contributed by atoms with Gasteiger partial charge in [-0.25, -0.2) is 4.79 Å². The molecule has 0 bridgehead atoms. The van der Waals surface area contributed by atoms with Crippen molar-refractivity contribution in [3.8, 4) is 0 Å². The minimum Gasteiger partial charge on any atom is -0.452 e. The van der Waals surface area contributed by atoms with E-state index in [0.717, 1.165) is 12.2 Å². The summed E-state index contributed by atoms with van der Waals surface area (Å²) in [7, 11) is 0. The van der Waals surface area contributed by atoms with Crippen molar-refractivity contribution >= 4 is 17.6 Å². The number of hydrogen-bond acceptors (Lipinski definition) is 5. The Kier molecular flexibility index (Phi) is 6.95. The fraction of sp³-hybridized carbons (Fsp3) is 0.316. The predicted molar refractivity (Wildman–Crippen MR) is 96.6 cm³/mol. The molecular formula is C19H23N3O3. The average Bonchev–Trinajstić information content (AvgIpc) is 2.64. The van der Waals surface area contributed by atoms with Gasteiger partial charge in [0.2, 0.25) is 0 Å². The number of hydrogen-bond donors (Lipinski definition) is 1. The van der Waals surface area contributed by atoms with E-state index < -0.39 is 5.97 Å². The second-order valence-corrected chi connectivity index (χ2v) is 5.58. The van der Waals surface area contributed by atoms with Gasteiger partial charge in [-0.15, -0.1) is 0 Å². The van der Waals surface area contributed by atoms with Crippen molar-refractivity contribution in [2.75, 3.05) is 31.1 Å². The number of benzene rings is 1. The normalized spacial score (nSPS) is 10.2. The van der Waals surface area contributed by atoms with Crippen LogP contribution in [0.4, 0.5) is 5.69 Å². The van der Waals surface area contributed by atoms with Crippen LogP contribution in [0.5, 0.6) is 0 Å². The summed E-state index contributed by atoms with van der Waals surface area (Å²) in [6.07, 6.45) is 3.00. The number of likely N-dealkylation sites (N-methyl/N-ethyl adjacent to an activating group) is 1. The van der Waals surface area contributed by atoms with Gasteiger partial charge in [-0.3, -0.25) is 9.78 Å². The molecule has 0 saturated heterocycles. The molecule has 0 aliphatic rings. The molecule has 0 radical (unpaired) electrons. The number of anilines is 1. The maximum Gasteiger partial charge on any atom is 0.338 e. The van der Waals surface area contributed by atoms with Gasteiger partial charge in [-0.2, -0.15) is 0 Å². The Hall–Kier alpha value is -2.89. The van der Waals surface area contributed by atoms with E-state index in [4.69, 9.17) is 4.74 Å². The second kappa shape index (κ2) is 9.42. The van der Waals surface area contributed by atoms with Crippen LogP contribution >= 0.6 is 0 Å². The van der Waals surface area contributed by atoms with E-state index in [2.05, 4.69) is 47.2 Å². The highest BCUT2D eigenvalue weighted by molar-refractivity contribution is 5.91. The van der Waals surface area contributed by atoms with E-state index >= 15 is 0 Å². The summed E-state index contributed by atoms with van der Waals surface area (Å²) in [5.74, 6) is -0.852. The number of esters is 1. The van der Waals surface area contributed by atoms with Gasteiger partial charge >= 0.3 is 5.97 Å². The highest BCUT2D eigenvalue weighted by Crippen LogP contribution is 2.14. The summed E-state index contributed by atoms with van der Waals surface area (Å²) >= 11 is 0. The molecule has 0 aliphatic heterocycles. The van der Waals surface area contributed by atoms with Crippen molar-refractivity contribution in [3.05, 3.63) is 59.9 Å². The van der Waals surface area contributed by atoms with Crippen LogP contribution in [0.25, 0.3) is 0 Å². The molecule has 6 nitrogen and oxygen atoms in total. The van der Waals surface area contributed by atoms with E-state index in [-0.39, 0.29) is 12.5 Å². The minimum absolute atomic E-state index is 0.294. The van der Waals surface area contributed by atoms with Gasteiger partial charge in [0.15, 0.2) is 6.61 Å². The van der Waals surface area contributed by atoms with Crippen LogP contribution in [-0.4, -0.2) is 43.1 Å². The van der Waals surface area contributed by atoms with Gasteiger partial charge in [-0.1, -0.05) is 12.1 Å². The third-order valence-electron chi connectivity index (χ3n) is 3.70. The van der Waals surface area contributed by atoms with Crippen LogP contribution in [0.1, 0.15) is 22.8 Å². The number of pyridine rings is 1. The first-order valence-electron chi connectivity index (χ1n) is 8.25. The summed E-state index contributed by atoms with van der Waals surface area (Å²) < 4.78 is 4.98. The van der Waals surface area contributed by atoms with Gasteiger partial charge in [-0.05, 0) is 43.7 Å². The Morgan fingerprint density at radius 2 is 1.96 bits per heavy atom. The molecule has 1 aromatic carbocycles. The summed E-state index contributed by atoms with van der Waals surface area (Å²) in [5, 5.41) is 2.77. The van der Waals surface area contributed by atoms with Crippen LogP contribution in [0.15, 0.2) is 48.8 Å². The number of nitrogens with zero attached hydrogens (tertiary/aromatic N) is 2. The lowest BCUT2D eigenvalue weighted by molar-refractivity contribution is -0.124. The number of carbonyl (C=O) groups is 2. The zero-order chi connectivity index (χ0) is 18.1. The van der Waals surface area contributed by atoms with Gasteiger partial charge in [0.1, 0.15) is 0 Å².